The summed E-state index contributed by atoms with van der Waals surface area (Å²) in [5.74, 6) is 0.750. The molecule has 34 heavy (non-hydrogen) atoms. The third-order valence-corrected chi connectivity index (χ3v) is 7.38. The fourth-order valence-corrected chi connectivity index (χ4v) is 5.41. The Balaban J connectivity index is 1.29. The summed E-state index contributed by atoms with van der Waals surface area (Å²) in [4.78, 5) is 34.6. The fraction of sp³-hybridized carbons (Fsp3) is 0.320. The summed E-state index contributed by atoms with van der Waals surface area (Å²) in [5.41, 5.74) is 2.75. The van der Waals surface area contributed by atoms with Crippen LogP contribution in [-0.2, 0) is 4.79 Å². The van der Waals surface area contributed by atoms with Gasteiger partial charge in [-0.2, -0.15) is 0 Å². The number of thiophene rings is 1. The molecule has 0 bridgehead atoms. The van der Waals surface area contributed by atoms with Crippen molar-refractivity contribution in [2.45, 2.75) is 12.3 Å². The second-order valence-electron chi connectivity index (χ2n) is 8.40. The van der Waals surface area contributed by atoms with Gasteiger partial charge in [0.15, 0.2) is 0 Å². The molecule has 2 aromatic heterocycles. The number of piperazine rings is 1. The van der Waals surface area contributed by atoms with Crippen molar-refractivity contribution in [2.75, 3.05) is 55.0 Å². The minimum Gasteiger partial charge on any atom is -0.497 e. The monoisotopic (exact) mass is 477 g/mol. The number of rotatable bonds is 6. The van der Waals surface area contributed by atoms with E-state index in [1.807, 2.05) is 36.4 Å². The average molecular weight is 478 g/mol. The smallest absolute Gasteiger partial charge is 0.265 e. The standard InChI is InChI=1S/C25H27N5O3S/c1-33-19-4-2-3-17(13-19)18-14-23(31)30(16-18)24-6-5-22(34-24)25(32)28-20-15-27-8-7-21(20)29-11-9-26-10-12-29/h2-8,13,15,18,26H,9-12,14,16H2,1H3,(H,28,32). The van der Waals surface area contributed by atoms with Crippen LogP contribution in [0.3, 0.4) is 0 Å². The van der Waals surface area contributed by atoms with Gasteiger partial charge < -0.3 is 25.2 Å². The number of amides is 2. The molecule has 4 heterocycles. The first-order chi connectivity index (χ1) is 16.6. The molecule has 8 nitrogen and oxygen atoms in total. The van der Waals surface area contributed by atoms with E-state index in [-0.39, 0.29) is 17.7 Å². The van der Waals surface area contributed by atoms with E-state index in [9.17, 15) is 9.59 Å². The van der Waals surface area contributed by atoms with Gasteiger partial charge in [-0.05, 0) is 35.9 Å². The molecule has 0 aliphatic carbocycles. The van der Waals surface area contributed by atoms with Crippen LogP contribution in [0, 0.1) is 0 Å². The number of carbonyl (C=O) groups excluding carboxylic acids is 2. The summed E-state index contributed by atoms with van der Waals surface area (Å²) in [6, 6.07) is 13.4. The average Bonchev–Trinajstić information content (AvgIpc) is 3.52. The Kier molecular flexibility index (Phi) is 6.46. The van der Waals surface area contributed by atoms with E-state index < -0.39 is 0 Å². The van der Waals surface area contributed by atoms with Crippen LogP contribution in [0.1, 0.15) is 27.6 Å². The maximum absolute atomic E-state index is 13.0. The van der Waals surface area contributed by atoms with Crippen molar-refractivity contribution in [2.24, 2.45) is 0 Å². The minimum atomic E-state index is -0.198. The molecule has 1 unspecified atom stereocenters. The van der Waals surface area contributed by atoms with E-state index in [1.54, 1.807) is 30.5 Å². The van der Waals surface area contributed by atoms with Gasteiger partial charge in [0.25, 0.3) is 5.91 Å². The molecule has 2 fully saturated rings. The lowest BCUT2D eigenvalue weighted by molar-refractivity contribution is -0.117. The number of anilines is 3. The summed E-state index contributed by atoms with van der Waals surface area (Å²) in [7, 11) is 1.64. The fourth-order valence-electron chi connectivity index (χ4n) is 4.48. The maximum Gasteiger partial charge on any atom is 0.265 e. The van der Waals surface area contributed by atoms with Gasteiger partial charge in [0.1, 0.15) is 5.75 Å². The number of ether oxygens (including phenoxy) is 1. The van der Waals surface area contributed by atoms with Crippen LogP contribution in [0.5, 0.6) is 5.75 Å². The molecule has 3 aromatic rings. The molecule has 176 valence electrons. The van der Waals surface area contributed by atoms with Crippen molar-refractivity contribution < 1.29 is 14.3 Å². The summed E-state index contributed by atoms with van der Waals surface area (Å²) in [6.07, 6.45) is 3.87. The third kappa shape index (κ3) is 4.62. The van der Waals surface area contributed by atoms with Crippen LogP contribution in [0.15, 0.2) is 54.9 Å². The van der Waals surface area contributed by atoms with Crippen LogP contribution < -0.4 is 25.2 Å². The molecule has 1 aromatic carbocycles. The van der Waals surface area contributed by atoms with E-state index in [0.717, 1.165) is 48.2 Å². The lowest BCUT2D eigenvalue weighted by Crippen LogP contribution is -2.43. The van der Waals surface area contributed by atoms with E-state index >= 15 is 0 Å². The number of aromatic nitrogens is 1. The lowest BCUT2D eigenvalue weighted by Gasteiger charge is -2.30. The van der Waals surface area contributed by atoms with Crippen molar-refractivity contribution in [3.05, 3.63) is 65.3 Å². The highest BCUT2D eigenvalue weighted by molar-refractivity contribution is 7.18. The van der Waals surface area contributed by atoms with E-state index in [1.165, 1.54) is 11.3 Å². The Labute approximate surface area is 202 Å². The molecule has 9 heteroatoms. The largest absolute Gasteiger partial charge is 0.497 e. The predicted octanol–water partition coefficient (Wildman–Crippen LogP) is 3.33. The lowest BCUT2D eigenvalue weighted by atomic mass is 9.98. The summed E-state index contributed by atoms with van der Waals surface area (Å²) >= 11 is 1.33. The molecule has 5 rings (SSSR count). The Morgan fingerprint density at radius 3 is 2.88 bits per heavy atom. The second kappa shape index (κ2) is 9.82. The molecule has 2 N–H and O–H groups in total. The zero-order chi connectivity index (χ0) is 23.5. The number of methoxy groups -OCH3 is 1. The highest BCUT2D eigenvalue weighted by atomic mass is 32.1. The summed E-state index contributed by atoms with van der Waals surface area (Å²) < 4.78 is 5.33. The van der Waals surface area contributed by atoms with E-state index in [4.69, 9.17) is 4.74 Å². The topological polar surface area (TPSA) is 86.8 Å². The van der Waals surface area contributed by atoms with Crippen LogP contribution >= 0.6 is 11.3 Å². The SMILES string of the molecule is COc1cccc(C2CC(=O)N(c3ccc(C(=O)Nc4cnccc4N4CCNCC4)s3)C2)c1. The molecule has 2 amide bonds. The number of nitrogens with one attached hydrogen (secondary N) is 2. The normalized spacial score (nSPS) is 18.3. The number of hydrogen-bond acceptors (Lipinski definition) is 7. The van der Waals surface area contributed by atoms with Gasteiger partial charge in [0.05, 0.1) is 34.6 Å². The first-order valence-corrected chi connectivity index (χ1v) is 12.2. The van der Waals surface area contributed by atoms with Crippen molar-refractivity contribution in [3.63, 3.8) is 0 Å². The Morgan fingerprint density at radius 2 is 2.06 bits per heavy atom. The summed E-state index contributed by atoms with van der Waals surface area (Å²) in [5, 5.41) is 7.14. The van der Waals surface area contributed by atoms with Gasteiger partial charge in [0, 0.05) is 51.3 Å². The van der Waals surface area contributed by atoms with Crippen molar-refractivity contribution >= 4 is 39.5 Å². The van der Waals surface area contributed by atoms with Gasteiger partial charge >= 0.3 is 0 Å². The van der Waals surface area contributed by atoms with Crippen LogP contribution in [-0.4, -0.2) is 56.6 Å². The molecule has 0 saturated carbocycles. The van der Waals surface area contributed by atoms with Crippen molar-refractivity contribution in [3.8, 4) is 5.75 Å². The number of pyridine rings is 1. The number of carbonyl (C=O) groups is 2. The first-order valence-electron chi connectivity index (χ1n) is 11.4. The molecular formula is C25H27N5O3S. The summed E-state index contributed by atoms with van der Waals surface area (Å²) in [6.45, 7) is 4.15. The zero-order valence-corrected chi connectivity index (χ0v) is 19.8. The van der Waals surface area contributed by atoms with Gasteiger partial charge in [-0.3, -0.25) is 14.6 Å². The highest BCUT2D eigenvalue weighted by Crippen LogP contribution is 2.36. The second-order valence-corrected chi connectivity index (χ2v) is 9.47. The number of hydrogen-bond donors (Lipinski definition) is 2. The number of benzene rings is 1. The van der Waals surface area contributed by atoms with Crippen molar-refractivity contribution in [1.29, 1.82) is 0 Å². The maximum atomic E-state index is 13.0. The third-order valence-electron chi connectivity index (χ3n) is 6.28. The molecule has 1 atom stereocenters. The Morgan fingerprint density at radius 1 is 1.21 bits per heavy atom. The molecular weight excluding hydrogens is 450 g/mol. The molecule has 2 saturated heterocycles. The van der Waals surface area contributed by atoms with Crippen molar-refractivity contribution in [1.82, 2.24) is 10.3 Å². The van der Waals surface area contributed by atoms with Crippen LogP contribution in [0.25, 0.3) is 0 Å². The van der Waals surface area contributed by atoms with Gasteiger partial charge in [-0.1, -0.05) is 12.1 Å². The molecule has 0 spiro atoms. The predicted molar refractivity (Wildman–Crippen MR) is 134 cm³/mol. The highest BCUT2D eigenvalue weighted by Gasteiger charge is 2.33. The molecule has 2 aliphatic heterocycles. The van der Waals surface area contributed by atoms with Gasteiger partial charge in [0.2, 0.25) is 5.91 Å². The molecule has 2 aliphatic rings. The van der Waals surface area contributed by atoms with Gasteiger partial charge in [-0.25, -0.2) is 0 Å². The minimum absolute atomic E-state index is 0.0647. The van der Waals surface area contributed by atoms with Crippen LogP contribution in [0.4, 0.5) is 16.4 Å². The number of nitrogens with zero attached hydrogens (tertiary/aromatic N) is 3. The molecule has 0 radical (unpaired) electrons. The first kappa shape index (κ1) is 22.4. The Hall–Kier alpha value is -3.43. The van der Waals surface area contributed by atoms with E-state index in [0.29, 0.717) is 23.5 Å². The van der Waals surface area contributed by atoms with Gasteiger partial charge in [-0.15, -0.1) is 11.3 Å². The van der Waals surface area contributed by atoms with E-state index in [2.05, 4.69) is 20.5 Å². The zero-order valence-electron chi connectivity index (χ0n) is 19.0. The quantitative estimate of drug-likeness (QED) is 0.566. The Bertz CT molecular complexity index is 1190. The van der Waals surface area contributed by atoms with Crippen LogP contribution in [0.2, 0.25) is 0 Å².